The van der Waals surface area contributed by atoms with E-state index < -0.39 is 5.97 Å². The Morgan fingerprint density at radius 2 is 2.24 bits per heavy atom. The Morgan fingerprint density at radius 1 is 1.35 bits per heavy atom. The number of hydrogen-bond acceptors (Lipinski definition) is 3. The van der Waals surface area contributed by atoms with Gasteiger partial charge >= 0.3 is 5.97 Å². The lowest BCUT2D eigenvalue weighted by molar-refractivity contribution is 0.0697. The molecule has 3 rings (SSSR count). The average Bonchev–Trinajstić information content (AvgIpc) is 2.89. The Hall–Kier alpha value is -1.68. The number of aromatic nitrogens is 1. The Balaban J connectivity index is 2.03. The third-order valence-electron chi connectivity index (χ3n) is 2.95. The largest absolute Gasteiger partial charge is 0.478 e. The summed E-state index contributed by atoms with van der Waals surface area (Å²) in [6.45, 7) is 0. The van der Waals surface area contributed by atoms with Gasteiger partial charge in [-0.25, -0.2) is 9.78 Å². The van der Waals surface area contributed by atoms with Gasteiger partial charge in [-0.05, 0) is 31.4 Å². The molecule has 0 saturated carbocycles. The van der Waals surface area contributed by atoms with Gasteiger partial charge in [0.2, 0.25) is 0 Å². The van der Waals surface area contributed by atoms with Gasteiger partial charge in [-0.1, -0.05) is 12.1 Å². The van der Waals surface area contributed by atoms with E-state index in [0.717, 1.165) is 23.4 Å². The van der Waals surface area contributed by atoms with Gasteiger partial charge < -0.3 is 5.11 Å². The van der Waals surface area contributed by atoms with E-state index >= 15 is 0 Å². The van der Waals surface area contributed by atoms with Crippen molar-refractivity contribution in [3.63, 3.8) is 0 Å². The summed E-state index contributed by atoms with van der Waals surface area (Å²) < 4.78 is 0. The van der Waals surface area contributed by atoms with Crippen LogP contribution in [-0.2, 0) is 12.8 Å². The van der Waals surface area contributed by atoms with Crippen LogP contribution >= 0.6 is 11.3 Å². The molecule has 4 heteroatoms. The first-order chi connectivity index (χ1) is 8.24. The second-order valence-electron chi connectivity index (χ2n) is 4.13. The number of hydrogen-bond donors (Lipinski definition) is 1. The van der Waals surface area contributed by atoms with Gasteiger partial charge in [0.05, 0.1) is 11.3 Å². The van der Waals surface area contributed by atoms with Crippen molar-refractivity contribution < 1.29 is 9.90 Å². The van der Waals surface area contributed by atoms with E-state index in [2.05, 4.69) is 4.98 Å². The van der Waals surface area contributed by atoms with E-state index in [4.69, 9.17) is 5.11 Å². The minimum Gasteiger partial charge on any atom is -0.478 e. The van der Waals surface area contributed by atoms with Crippen molar-refractivity contribution in [1.82, 2.24) is 4.98 Å². The zero-order valence-electron chi connectivity index (χ0n) is 9.14. The number of benzene rings is 1. The molecule has 1 aliphatic rings. The Labute approximate surface area is 103 Å². The summed E-state index contributed by atoms with van der Waals surface area (Å²) in [6.07, 6.45) is 3.37. The predicted molar refractivity (Wildman–Crippen MR) is 66.5 cm³/mol. The Bertz CT molecular complexity index is 567. The second-order valence-corrected chi connectivity index (χ2v) is 5.21. The molecule has 0 aliphatic heterocycles. The van der Waals surface area contributed by atoms with Gasteiger partial charge in [0.25, 0.3) is 0 Å². The van der Waals surface area contributed by atoms with Crippen LogP contribution in [0.1, 0.15) is 27.3 Å². The molecule has 1 aromatic heterocycles. The maximum atomic E-state index is 10.9. The van der Waals surface area contributed by atoms with Crippen molar-refractivity contribution in [2.45, 2.75) is 19.3 Å². The zero-order valence-corrected chi connectivity index (χ0v) is 9.96. The summed E-state index contributed by atoms with van der Waals surface area (Å²) in [7, 11) is 0. The highest BCUT2D eigenvalue weighted by atomic mass is 32.1. The lowest BCUT2D eigenvalue weighted by Gasteiger charge is -1.98. The molecule has 1 aromatic carbocycles. The van der Waals surface area contributed by atoms with Crippen molar-refractivity contribution in [3.05, 3.63) is 40.4 Å². The van der Waals surface area contributed by atoms with Crippen LogP contribution in [0, 0.1) is 0 Å². The minimum atomic E-state index is -0.893. The van der Waals surface area contributed by atoms with E-state index in [9.17, 15) is 4.79 Å². The second kappa shape index (κ2) is 3.96. The van der Waals surface area contributed by atoms with Crippen LogP contribution in [0.3, 0.4) is 0 Å². The number of aryl methyl sites for hydroxylation is 2. The van der Waals surface area contributed by atoms with Crippen molar-refractivity contribution in [1.29, 1.82) is 0 Å². The Kier molecular flexibility index (Phi) is 2.44. The molecule has 1 N–H and O–H groups in total. The predicted octanol–water partition coefficient (Wildman–Crippen LogP) is 3.00. The molecule has 0 radical (unpaired) electrons. The third kappa shape index (κ3) is 1.85. The number of nitrogens with zero attached hydrogens (tertiary/aromatic N) is 1. The molecule has 3 nitrogen and oxygen atoms in total. The molecule has 1 heterocycles. The molecule has 17 heavy (non-hydrogen) atoms. The first-order valence-electron chi connectivity index (χ1n) is 5.56. The quantitative estimate of drug-likeness (QED) is 0.884. The van der Waals surface area contributed by atoms with E-state index in [1.54, 1.807) is 29.5 Å². The smallest absolute Gasteiger partial charge is 0.335 e. The summed E-state index contributed by atoms with van der Waals surface area (Å²) in [6, 6.07) is 6.98. The molecule has 0 bridgehead atoms. The summed E-state index contributed by atoms with van der Waals surface area (Å²) in [5.41, 5.74) is 2.42. The van der Waals surface area contributed by atoms with Gasteiger partial charge in [0, 0.05) is 10.4 Å². The number of carboxylic acid groups (broad SMARTS) is 1. The molecule has 0 unspecified atom stereocenters. The highest BCUT2D eigenvalue weighted by Gasteiger charge is 2.17. The Morgan fingerprint density at radius 3 is 3.00 bits per heavy atom. The standard InChI is InChI=1S/C13H11NO2S/c15-13(16)9-4-1-3-8(7-9)12-14-10-5-2-6-11(10)17-12/h1,3-4,7H,2,5-6H2,(H,15,16). The van der Waals surface area contributed by atoms with Crippen LogP contribution in [0.15, 0.2) is 24.3 Å². The van der Waals surface area contributed by atoms with E-state index in [0.29, 0.717) is 5.56 Å². The molecule has 2 aromatic rings. The molecule has 86 valence electrons. The molecule has 0 fully saturated rings. The van der Waals surface area contributed by atoms with Crippen LogP contribution in [0.2, 0.25) is 0 Å². The SMILES string of the molecule is O=C(O)c1cccc(-c2nc3c(s2)CCC3)c1. The molecule has 1 aliphatic carbocycles. The lowest BCUT2D eigenvalue weighted by atomic mass is 10.1. The van der Waals surface area contributed by atoms with Gasteiger partial charge in [0.1, 0.15) is 5.01 Å². The molecule has 0 atom stereocenters. The van der Waals surface area contributed by atoms with Crippen molar-refractivity contribution in [2.75, 3.05) is 0 Å². The highest BCUT2D eigenvalue weighted by molar-refractivity contribution is 7.15. The fourth-order valence-electron chi connectivity index (χ4n) is 2.10. The van der Waals surface area contributed by atoms with Crippen LogP contribution < -0.4 is 0 Å². The number of aromatic carboxylic acids is 1. The summed E-state index contributed by atoms with van der Waals surface area (Å²) in [5.74, 6) is -0.893. The van der Waals surface area contributed by atoms with E-state index in [-0.39, 0.29) is 0 Å². The van der Waals surface area contributed by atoms with E-state index in [1.807, 2.05) is 6.07 Å². The topological polar surface area (TPSA) is 50.2 Å². The monoisotopic (exact) mass is 245 g/mol. The van der Waals surface area contributed by atoms with Gasteiger partial charge in [-0.2, -0.15) is 0 Å². The maximum Gasteiger partial charge on any atom is 0.335 e. The maximum absolute atomic E-state index is 10.9. The third-order valence-corrected chi connectivity index (χ3v) is 4.16. The number of carboxylic acids is 1. The van der Waals surface area contributed by atoms with Crippen molar-refractivity contribution >= 4 is 17.3 Å². The number of rotatable bonds is 2. The van der Waals surface area contributed by atoms with Crippen LogP contribution in [-0.4, -0.2) is 16.1 Å². The van der Waals surface area contributed by atoms with Gasteiger partial charge in [-0.3, -0.25) is 0 Å². The first kappa shape index (κ1) is 10.5. The molecule has 0 spiro atoms. The number of fused-ring (bicyclic) bond motifs is 1. The molecule has 0 saturated heterocycles. The van der Waals surface area contributed by atoms with Gasteiger partial charge in [-0.15, -0.1) is 11.3 Å². The first-order valence-corrected chi connectivity index (χ1v) is 6.38. The van der Waals surface area contributed by atoms with Crippen LogP contribution in [0.4, 0.5) is 0 Å². The molecular formula is C13H11NO2S. The van der Waals surface area contributed by atoms with Crippen molar-refractivity contribution in [2.24, 2.45) is 0 Å². The summed E-state index contributed by atoms with van der Waals surface area (Å²) in [5, 5.41) is 9.90. The number of carbonyl (C=O) groups is 1. The molecular weight excluding hydrogens is 234 g/mol. The molecule has 0 amide bonds. The fraction of sp³-hybridized carbons (Fsp3) is 0.231. The van der Waals surface area contributed by atoms with Crippen LogP contribution in [0.5, 0.6) is 0 Å². The lowest BCUT2D eigenvalue weighted by Crippen LogP contribution is -1.95. The van der Waals surface area contributed by atoms with Crippen molar-refractivity contribution in [3.8, 4) is 10.6 Å². The zero-order chi connectivity index (χ0) is 11.8. The highest BCUT2D eigenvalue weighted by Crippen LogP contribution is 2.33. The summed E-state index contributed by atoms with van der Waals surface area (Å²) in [4.78, 5) is 16.9. The number of thiazole rings is 1. The van der Waals surface area contributed by atoms with E-state index in [1.165, 1.54) is 17.0 Å². The van der Waals surface area contributed by atoms with Crippen LogP contribution in [0.25, 0.3) is 10.6 Å². The normalized spacial score (nSPS) is 13.6. The fourth-order valence-corrected chi connectivity index (χ4v) is 3.25. The summed E-state index contributed by atoms with van der Waals surface area (Å²) >= 11 is 1.69. The van der Waals surface area contributed by atoms with Gasteiger partial charge in [0.15, 0.2) is 0 Å². The average molecular weight is 245 g/mol. The minimum absolute atomic E-state index is 0.317.